The Bertz CT molecular complexity index is 1050. The molecule has 0 saturated carbocycles. The maximum absolute atomic E-state index is 12.2. The van der Waals surface area contributed by atoms with Gasteiger partial charge >= 0.3 is 11.9 Å². The fourth-order valence-electron chi connectivity index (χ4n) is 2.87. The van der Waals surface area contributed by atoms with Crippen molar-refractivity contribution in [1.29, 1.82) is 0 Å². The molecule has 0 radical (unpaired) electrons. The molecule has 1 aliphatic rings. The smallest absolute Gasteiger partial charge is 0.327 e. The molecule has 0 aliphatic carbocycles. The zero-order chi connectivity index (χ0) is 25.4. The molecule has 1 unspecified atom stereocenters. The molecule has 0 spiro atoms. The zero-order valence-electron chi connectivity index (χ0n) is 17.9. The molecule has 3 rings (SSSR count). The molecule has 182 valence electrons. The lowest BCUT2D eigenvalue weighted by atomic mass is 10.1. The van der Waals surface area contributed by atoms with Crippen LogP contribution in [0.15, 0.2) is 36.4 Å². The van der Waals surface area contributed by atoms with Crippen molar-refractivity contribution < 1.29 is 29.4 Å². The van der Waals surface area contributed by atoms with Crippen molar-refractivity contribution in [2.45, 2.75) is 25.4 Å². The average molecular weight is 529 g/mol. The number of carboxylic acid groups (broad SMARTS) is 2. The third-order valence-corrected chi connectivity index (χ3v) is 5.95. The molecule has 1 saturated heterocycles. The Balaban J connectivity index is 0.000000310. The molecule has 13 heteroatoms. The topological polar surface area (TPSA) is 163 Å². The van der Waals surface area contributed by atoms with Gasteiger partial charge in [0, 0.05) is 23.9 Å². The molecule has 34 heavy (non-hydrogen) atoms. The highest BCUT2D eigenvalue weighted by molar-refractivity contribution is 7.99. The molecule has 2 atom stereocenters. The van der Waals surface area contributed by atoms with Gasteiger partial charge in [0.2, 0.25) is 5.91 Å². The van der Waals surface area contributed by atoms with Crippen molar-refractivity contribution >= 4 is 64.4 Å². The van der Waals surface area contributed by atoms with Gasteiger partial charge < -0.3 is 26.2 Å². The number of anilines is 1. The van der Waals surface area contributed by atoms with Crippen molar-refractivity contribution in [3.63, 3.8) is 0 Å². The number of thioether (sulfide) groups is 1. The molecular formula is C21H22Cl2N4O6S. The maximum Gasteiger partial charge on any atom is 0.327 e. The first-order valence-corrected chi connectivity index (χ1v) is 11.7. The molecule has 2 heterocycles. The second kappa shape index (κ2) is 12.6. The number of nitrogens with two attached hydrogens (primary N) is 1. The molecule has 1 aromatic heterocycles. The normalized spacial score (nSPS) is 15.6. The van der Waals surface area contributed by atoms with Gasteiger partial charge in [-0.1, -0.05) is 35.3 Å². The summed E-state index contributed by atoms with van der Waals surface area (Å²) in [4.78, 5) is 49.4. The third kappa shape index (κ3) is 8.17. The summed E-state index contributed by atoms with van der Waals surface area (Å²) in [7, 11) is 0. The predicted molar refractivity (Wildman–Crippen MR) is 129 cm³/mol. The number of hydrogen-bond acceptors (Lipinski definition) is 7. The Morgan fingerprint density at radius 3 is 2.38 bits per heavy atom. The van der Waals surface area contributed by atoms with E-state index in [-0.39, 0.29) is 28.2 Å². The van der Waals surface area contributed by atoms with Crippen molar-refractivity contribution in [2.24, 2.45) is 5.73 Å². The number of carboxylic acids is 2. The minimum Gasteiger partial charge on any atom is -0.480 e. The van der Waals surface area contributed by atoms with Crippen LogP contribution in [0.2, 0.25) is 10.3 Å². The SMILES string of the molecule is CC(=O)N1CSC[C@@H]1C(=O)O.NC(Cc1cccc(NC(=O)c2cc(Cl)nc(Cl)c2)c1)C(=O)O. The summed E-state index contributed by atoms with van der Waals surface area (Å²) in [6, 6.07) is 7.95. The highest BCUT2D eigenvalue weighted by atomic mass is 35.5. The minimum absolute atomic E-state index is 0.115. The Morgan fingerprint density at radius 2 is 1.85 bits per heavy atom. The number of rotatable bonds is 6. The zero-order valence-corrected chi connectivity index (χ0v) is 20.2. The van der Waals surface area contributed by atoms with Crippen LogP contribution < -0.4 is 11.1 Å². The van der Waals surface area contributed by atoms with Gasteiger partial charge in [0.15, 0.2) is 0 Å². The summed E-state index contributed by atoms with van der Waals surface area (Å²) in [5, 5.41) is 20.4. The molecule has 5 N–H and O–H groups in total. The number of benzene rings is 1. The number of nitrogens with one attached hydrogen (secondary N) is 1. The molecule has 0 bridgehead atoms. The number of carbonyl (C=O) groups is 4. The summed E-state index contributed by atoms with van der Waals surface area (Å²) >= 11 is 13.0. The van der Waals surface area contributed by atoms with Crippen LogP contribution in [0.1, 0.15) is 22.8 Å². The van der Waals surface area contributed by atoms with Crippen LogP contribution >= 0.6 is 35.0 Å². The Labute approximate surface area is 209 Å². The summed E-state index contributed by atoms with van der Waals surface area (Å²) < 4.78 is 0. The van der Waals surface area contributed by atoms with Crippen LogP contribution in [0, 0.1) is 0 Å². The molecule has 1 fully saturated rings. The monoisotopic (exact) mass is 528 g/mol. The van der Waals surface area contributed by atoms with Crippen LogP contribution in [0.3, 0.4) is 0 Å². The Morgan fingerprint density at radius 1 is 1.21 bits per heavy atom. The second-order valence-electron chi connectivity index (χ2n) is 7.15. The summed E-state index contributed by atoms with van der Waals surface area (Å²) in [6.07, 6.45) is 0.159. The largest absolute Gasteiger partial charge is 0.480 e. The quantitative estimate of drug-likeness (QED) is 0.412. The molecule has 2 amide bonds. The predicted octanol–water partition coefficient (Wildman–Crippen LogP) is 2.59. The van der Waals surface area contributed by atoms with Gasteiger partial charge in [0.1, 0.15) is 22.4 Å². The number of aliphatic carboxylic acids is 2. The van der Waals surface area contributed by atoms with E-state index in [0.29, 0.717) is 22.9 Å². The van der Waals surface area contributed by atoms with E-state index in [0.717, 1.165) is 0 Å². The van der Waals surface area contributed by atoms with E-state index < -0.39 is 29.9 Å². The minimum atomic E-state index is -1.08. The first kappa shape index (κ1) is 27.4. The van der Waals surface area contributed by atoms with Crippen LogP contribution in [-0.4, -0.2) is 67.6 Å². The molecule has 1 aliphatic heterocycles. The number of hydrogen-bond donors (Lipinski definition) is 4. The fourth-order valence-corrected chi connectivity index (χ4v) is 4.54. The van der Waals surface area contributed by atoms with Crippen molar-refractivity contribution in [1.82, 2.24) is 9.88 Å². The first-order chi connectivity index (χ1) is 16.0. The number of aromatic nitrogens is 1. The standard InChI is InChI=1S/C15H13Cl2N3O3.C6H9NO3S/c16-12-6-9(7-13(17)20-12)14(21)19-10-3-1-2-8(4-10)5-11(18)15(22)23;1-4(8)7-3-11-2-5(7)6(9)10/h1-4,6-7,11H,5,18H2,(H,19,21)(H,22,23);5H,2-3H2,1H3,(H,9,10)/t;5-/m.1/s1. The molecule has 10 nitrogen and oxygen atoms in total. The van der Waals surface area contributed by atoms with Gasteiger partial charge in [0.25, 0.3) is 5.91 Å². The fraction of sp³-hybridized carbons (Fsp3) is 0.286. The van der Waals surface area contributed by atoms with Crippen LogP contribution in [-0.2, 0) is 20.8 Å². The van der Waals surface area contributed by atoms with Crippen molar-refractivity contribution in [3.05, 3.63) is 57.8 Å². The van der Waals surface area contributed by atoms with E-state index in [9.17, 15) is 19.2 Å². The molecule has 1 aromatic carbocycles. The maximum atomic E-state index is 12.2. The van der Waals surface area contributed by atoms with E-state index in [4.69, 9.17) is 39.1 Å². The van der Waals surface area contributed by atoms with E-state index in [1.165, 1.54) is 35.7 Å². The Hall–Kier alpha value is -2.86. The lowest BCUT2D eigenvalue weighted by Crippen LogP contribution is -2.40. The average Bonchev–Trinajstić information content (AvgIpc) is 3.24. The van der Waals surface area contributed by atoms with Crippen molar-refractivity contribution in [2.75, 3.05) is 16.9 Å². The molecular weight excluding hydrogens is 507 g/mol. The summed E-state index contributed by atoms with van der Waals surface area (Å²) in [5.74, 6) is -1.55. The van der Waals surface area contributed by atoms with Gasteiger partial charge in [-0.3, -0.25) is 14.4 Å². The number of nitrogens with zero attached hydrogens (tertiary/aromatic N) is 2. The number of amides is 2. The highest BCUT2D eigenvalue weighted by Gasteiger charge is 2.32. The van der Waals surface area contributed by atoms with Crippen molar-refractivity contribution in [3.8, 4) is 0 Å². The highest BCUT2D eigenvalue weighted by Crippen LogP contribution is 2.20. The van der Waals surface area contributed by atoms with E-state index in [2.05, 4.69) is 10.3 Å². The van der Waals surface area contributed by atoms with E-state index in [1.54, 1.807) is 24.3 Å². The van der Waals surface area contributed by atoms with Gasteiger partial charge in [0.05, 0.1) is 5.88 Å². The van der Waals surface area contributed by atoms with Gasteiger partial charge in [-0.05, 0) is 36.2 Å². The lowest BCUT2D eigenvalue weighted by molar-refractivity contribution is -0.147. The van der Waals surface area contributed by atoms with Crippen LogP contribution in [0.25, 0.3) is 0 Å². The Kier molecular flexibility index (Phi) is 10.1. The van der Waals surface area contributed by atoms with E-state index >= 15 is 0 Å². The first-order valence-electron chi connectivity index (χ1n) is 9.77. The summed E-state index contributed by atoms with van der Waals surface area (Å²) in [5.41, 5.74) is 6.97. The van der Waals surface area contributed by atoms with Crippen LogP contribution in [0.5, 0.6) is 0 Å². The number of carbonyl (C=O) groups excluding carboxylic acids is 2. The summed E-state index contributed by atoms with van der Waals surface area (Å²) in [6.45, 7) is 1.39. The van der Waals surface area contributed by atoms with Gasteiger partial charge in [-0.15, -0.1) is 11.8 Å². The van der Waals surface area contributed by atoms with Gasteiger partial charge in [-0.25, -0.2) is 9.78 Å². The molecule has 2 aromatic rings. The van der Waals surface area contributed by atoms with Gasteiger partial charge in [-0.2, -0.15) is 0 Å². The second-order valence-corrected chi connectivity index (χ2v) is 8.92. The van der Waals surface area contributed by atoms with Crippen LogP contribution in [0.4, 0.5) is 5.69 Å². The number of halogens is 2. The lowest BCUT2D eigenvalue weighted by Gasteiger charge is -2.17. The third-order valence-electron chi connectivity index (χ3n) is 4.55. The van der Waals surface area contributed by atoms with E-state index in [1.807, 2.05) is 0 Å². The number of pyridine rings is 1.